The average Bonchev–Trinajstić information content (AvgIpc) is 3.11. The maximum atomic E-state index is 13.2. The summed E-state index contributed by atoms with van der Waals surface area (Å²) in [6.45, 7) is 6.28. The Balaban J connectivity index is 0.00000140. The van der Waals surface area contributed by atoms with Crippen molar-refractivity contribution in [1.82, 2.24) is 30.0 Å². The molecule has 1 saturated heterocycles. The number of pyridine rings is 2. The summed E-state index contributed by atoms with van der Waals surface area (Å²) >= 11 is 0. The molecule has 1 atom stereocenters. The van der Waals surface area contributed by atoms with Crippen molar-refractivity contribution in [1.29, 1.82) is 0 Å². The van der Waals surface area contributed by atoms with Gasteiger partial charge in [-0.15, -0.1) is 24.8 Å². The van der Waals surface area contributed by atoms with E-state index < -0.39 is 0 Å². The quantitative estimate of drug-likeness (QED) is 0.701. The van der Waals surface area contributed by atoms with Crippen LogP contribution in [0.25, 0.3) is 11.0 Å². The highest BCUT2D eigenvalue weighted by atomic mass is 35.5. The van der Waals surface area contributed by atoms with Gasteiger partial charge in [0.2, 0.25) is 0 Å². The predicted octanol–water partition coefficient (Wildman–Crippen LogP) is 3.04. The fourth-order valence-corrected chi connectivity index (χ4v) is 3.42. The average molecular weight is 423 g/mol. The van der Waals surface area contributed by atoms with E-state index in [-0.39, 0.29) is 42.8 Å². The van der Waals surface area contributed by atoms with Crippen LogP contribution in [-0.2, 0) is 0 Å². The second kappa shape index (κ2) is 9.32. The second-order valence-electron chi connectivity index (χ2n) is 6.82. The number of amides is 1. The molecule has 1 unspecified atom stereocenters. The smallest absolute Gasteiger partial charge is 0.256 e. The molecule has 3 aromatic heterocycles. The Morgan fingerprint density at radius 1 is 1.25 bits per heavy atom. The van der Waals surface area contributed by atoms with Crippen LogP contribution < -0.4 is 5.32 Å². The van der Waals surface area contributed by atoms with Crippen molar-refractivity contribution in [2.24, 2.45) is 0 Å². The minimum atomic E-state index is -0.0287. The van der Waals surface area contributed by atoms with E-state index in [1.165, 1.54) is 0 Å². The van der Waals surface area contributed by atoms with E-state index in [1.54, 1.807) is 18.6 Å². The third-order valence-electron chi connectivity index (χ3n) is 4.74. The molecule has 0 saturated carbocycles. The largest absolute Gasteiger partial charge is 0.329 e. The molecule has 1 amide bonds. The van der Waals surface area contributed by atoms with Gasteiger partial charge in [0.1, 0.15) is 0 Å². The van der Waals surface area contributed by atoms with Crippen molar-refractivity contribution >= 4 is 41.8 Å². The molecule has 4 rings (SSSR count). The van der Waals surface area contributed by atoms with Gasteiger partial charge in [0.25, 0.3) is 5.91 Å². The Hall–Kier alpha value is -2.22. The number of rotatable bonds is 3. The third-order valence-corrected chi connectivity index (χ3v) is 4.74. The maximum Gasteiger partial charge on any atom is 0.256 e. The van der Waals surface area contributed by atoms with Crippen molar-refractivity contribution in [3.63, 3.8) is 0 Å². The highest BCUT2D eigenvalue weighted by Gasteiger charge is 2.29. The molecule has 0 radical (unpaired) electrons. The van der Waals surface area contributed by atoms with Gasteiger partial charge in [0, 0.05) is 49.7 Å². The summed E-state index contributed by atoms with van der Waals surface area (Å²) in [6, 6.07) is 6.00. The topological polar surface area (TPSA) is 75.9 Å². The SMILES string of the molecule is CC(C)n1ncc2cc(C(=O)N3CCNCC3c3cccnc3)cnc21.Cl.Cl. The predicted molar refractivity (Wildman–Crippen MR) is 113 cm³/mol. The van der Waals surface area contributed by atoms with E-state index in [0.717, 1.165) is 29.7 Å². The van der Waals surface area contributed by atoms with Gasteiger partial charge < -0.3 is 10.2 Å². The Labute approximate surface area is 176 Å². The van der Waals surface area contributed by atoms with Crippen molar-refractivity contribution in [3.8, 4) is 0 Å². The first-order valence-corrected chi connectivity index (χ1v) is 8.90. The van der Waals surface area contributed by atoms with Gasteiger partial charge in [-0.1, -0.05) is 6.07 Å². The van der Waals surface area contributed by atoms with E-state index in [0.29, 0.717) is 12.1 Å². The van der Waals surface area contributed by atoms with Gasteiger partial charge in [0.15, 0.2) is 5.65 Å². The lowest BCUT2D eigenvalue weighted by Crippen LogP contribution is -2.48. The fraction of sp³-hybridized carbons (Fsp3) is 0.368. The molecular weight excluding hydrogens is 399 g/mol. The molecule has 1 aliphatic rings. The number of fused-ring (bicyclic) bond motifs is 1. The second-order valence-corrected chi connectivity index (χ2v) is 6.82. The molecule has 4 heterocycles. The minimum Gasteiger partial charge on any atom is -0.329 e. The minimum absolute atomic E-state index is 0. The molecule has 1 fully saturated rings. The molecule has 150 valence electrons. The summed E-state index contributed by atoms with van der Waals surface area (Å²) in [5, 5.41) is 8.63. The lowest BCUT2D eigenvalue weighted by molar-refractivity contribution is 0.0634. The summed E-state index contributed by atoms with van der Waals surface area (Å²) in [6.07, 6.45) is 7.01. The first kappa shape index (κ1) is 22.1. The van der Waals surface area contributed by atoms with Crippen molar-refractivity contribution in [2.75, 3.05) is 19.6 Å². The summed E-state index contributed by atoms with van der Waals surface area (Å²) in [7, 11) is 0. The third kappa shape index (κ3) is 4.11. The number of hydrogen-bond donors (Lipinski definition) is 1. The van der Waals surface area contributed by atoms with E-state index in [9.17, 15) is 4.79 Å². The summed E-state index contributed by atoms with van der Waals surface area (Å²) in [5.74, 6) is -0.00736. The molecule has 3 aromatic rings. The number of halogens is 2. The Morgan fingerprint density at radius 2 is 2.07 bits per heavy atom. The molecule has 0 aliphatic carbocycles. The monoisotopic (exact) mass is 422 g/mol. The lowest BCUT2D eigenvalue weighted by atomic mass is 10.0. The molecule has 0 spiro atoms. The van der Waals surface area contributed by atoms with Crippen LogP contribution in [0.3, 0.4) is 0 Å². The van der Waals surface area contributed by atoms with E-state index in [4.69, 9.17) is 0 Å². The van der Waals surface area contributed by atoms with E-state index in [1.807, 2.05) is 34.0 Å². The number of piperazine rings is 1. The Morgan fingerprint density at radius 3 is 2.79 bits per heavy atom. The van der Waals surface area contributed by atoms with Crippen LogP contribution in [0.1, 0.15) is 41.9 Å². The van der Waals surface area contributed by atoms with Crippen molar-refractivity contribution in [2.45, 2.75) is 25.9 Å². The lowest BCUT2D eigenvalue weighted by Gasteiger charge is -2.36. The zero-order valence-corrected chi connectivity index (χ0v) is 17.4. The molecule has 0 aromatic carbocycles. The summed E-state index contributed by atoms with van der Waals surface area (Å²) in [4.78, 5) is 23.8. The number of nitrogens with one attached hydrogen (secondary N) is 1. The molecule has 0 bridgehead atoms. The molecule has 1 aliphatic heterocycles. The van der Waals surface area contributed by atoms with Crippen molar-refractivity contribution < 1.29 is 4.79 Å². The van der Waals surface area contributed by atoms with Crippen LogP contribution in [0.15, 0.2) is 43.0 Å². The van der Waals surface area contributed by atoms with Gasteiger partial charge in [-0.3, -0.25) is 9.78 Å². The van der Waals surface area contributed by atoms with Crippen LogP contribution >= 0.6 is 24.8 Å². The van der Waals surface area contributed by atoms with E-state index in [2.05, 4.69) is 34.2 Å². The highest BCUT2D eigenvalue weighted by molar-refractivity contribution is 5.97. The Kier molecular flexibility index (Phi) is 7.35. The molecule has 7 nitrogen and oxygen atoms in total. The molecule has 1 N–H and O–H groups in total. The number of hydrogen-bond acceptors (Lipinski definition) is 5. The van der Waals surface area contributed by atoms with Gasteiger partial charge in [-0.2, -0.15) is 5.10 Å². The first-order valence-electron chi connectivity index (χ1n) is 8.90. The highest BCUT2D eigenvalue weighted by Crippen LogP contribution is 2.24. The number of nitrogens with zero attached hydrogens (tertiary/aromatic N) is 5. The zero-order chi connectivity index (χ0) is 18.1. The van der Waals surface area contributed by atoms with Gasteiger partial charge in [0.05, 0.1) is 17.8 Å². The van der Waals surface area contributed by atoms with Crippen LogP contribution in [0.5, 0.6) is 0 Å². The number of carbonyl (C=O) groups is 1. The van der Waals surface area contributed by atoms with Crippen molar-refractivity contribution in [3.05, 3.63) is 54.1 Å². The normalized spacial score (nSPS) is 16.5. The zero-order valence-electron chi connectivity index (χ0n) is 15.8. The van der Waals surface area contributed by atoms with Crippen LogP contribution in [0, 0.1) is 0 Å². The summed E-state index contributed by atoms with van der Waals surface area (Å²) < 4.78 is 1.87. The van der Waals surface area contributed by atoms with Gasteiger partial charge in [-0.25, -0.2) is 9.67 Å². The number of carbonyl (C=O) groups excluding carboxylic acids is 1. The number of aromatic nitrogens is 4. The van der Waals surface area contributed by atoms with Gasteiger partial charge in [-0.05, 0) is 31.5 Å². The molecule has 9 heteroatoms. The molecular formula is C19H24Cl2N6O. The fourth-order valence-electron chi connectivity index (χ4n) is 3.42. The maximum absolute atomic E-state index is 13.2. The first-order chi connectivity index (χ1) is 12.6. The van der Waals surface area contributed by atoms with Crippen LogP contribution in [0.4, 0.5) is 0 Å². The van der Waals surface area contributed by atoms with Crippen LogP contribution in [-0.4, -0.2) is 50.2 Å². The van der Waals surface area contributed by atoms with E-state index >= 15 is 0 Å². The Bertz CT molecular complexity index is 931. The molecule has 28 heavy (non-hydrogen) atoms. The van der Waals surface area contributed by atoms with Crippen LogP contribution in [0.2, 0.25) is 0 Å². The van der Waals surface area contributed by atoms with Gasteiger partial charge >= 0.3 is 0 Å². The standard InChI is InChI=1S/C19H22N6O.2ClH/c1-13(2)25-18-15(11-23-25)8-16(10-22-18)19(26)24-7-6-21-12-17(24)14-4-3-5-20-9-14;;/h3-5,8-11,13,17,21H,6-7,12H2,1-2H3;2*1H. The summed E-state index contributed by atoms with van der Waals surface area (Å²) in [5.41, 5.74) is 2.44.